The zero-order valence-electron chi connectivity index (χ0n) is 11.3. The van der Waals surface area contributed by atoms with Crippen LogP contribution in [0.3, 0.4) is 0 Å². The molecule has 0 spiro atoms. The second-order valence-electron chi connectivity index (χ2n) is 3.78. The number of guanidine groups is 1. The summed E-state index contributed by atoms with van der Waals surface area (Å²) < 4.78 is 0. The fourth-order valence-electron chi connectivity index (χ4n) is 1.38. The van der Waals surface area contributed by atoms with E-state index in [0.29, 0.717) is 6.54 Å². The maximum absolute atomic E-state index is 9.20. The first-order valence-corrected chi connectivity index (χ1v) is 7.44. The Morgan fingerprint density at radius 2 is 1.95 bits per heavy atom. The second kappa shape index (κ2) is 11.2. The molecule has 0 unspecified atom stereocenters. The first-order valence-electron chi connectivity index (χ1n) is 6.05. The van der Waals surface area contributed by atoms with Gasteiger partial charge in [-0.1, -0.05) is 12.1 Å². The van der Waals surface area contributed by atoms with Gasteiger partial charge in [-0.3, -0.25) is 0 Å². The molecule has 0 bridgehead atoms. The number of phenols is 1. The molecule has 0 saturated heterocycles. The van der Waals surface area contributed by atoms with Crippen LogP contribution in [0.25, 0.3) is 0 Å². The van der Waals surface area contributed by atoms with Crippen molar-refractivity contribution in [2.24, 2.45) is 4.99 Å². The van der Waals surface area contributed by atoms with Gasteiger partial charge in [0.25, 0.3) is 0 Å². The van der Waals surface area contributed by atoms with Gasteiger partial charge in [0, 0.05) is 18.8 Å². The van der Waals surface area contributed by atoms with Crippen molar-refractivity contribution in [3.05, 3.63) is 29.8 Å². The van der Waals surface area contributed by atoms with E-state index in [2.05, 4.69) is 21.9 Å². The molecule has 0 aliphatic heterocycles. The maximum Gasteiger partial charge on any atom is 0.191 e. The third-order valence-electron chi connectivity index (χ3n) is 2.30. The van der Waals surface area contributed by atoms with Crippen LogP contribution in [0.1, 0.15) is 12.5 Å². The number of halogens is 1. The summed E-state index contributed by atoms with van der Waals surface area (Å²) in [6.45, 7) is 4.41. The number of thioether (sulfide) groups is 1. The summed E-state index contributed by atoms with van der Waals surface area (Å²) in [6, 6.07) is 7.12. The van der Waals surface area contributed by atoms with E-state index in [1.165, 1.54) is 0 Å². The average molecular weight is 395 g/mol. The Balaban J connectivity index is 0.00000324. The number of nitrogens with one attached hydrogen (secondary N) is 2. The van der Waals surface area contributed by atoms with Crippen LogP contribution in [0.15, 0.2) is 29.3 Å². The predicted molar refractivity (Wildman–Crippen MR) is 94.7 cm³/mol. The third kappa shape index (κ3) is 8.20. The summed E-state index contributed by atoms with van der Waals surface area (Å²) in [5.74, 6) is 2.18. The molecule has 1 aromatic carbocycles. The number of aliphatic imine (C=N–C) groups is 1. The average Bonchev–Trinajstić information content (AvgIpc) is 2.38. The summed E-state index contributed by atoms with van der Waals surface area (Å²) in [7, 11) is 0. The molecular weight excluding hydrogens is 373 g/mol. The smallest absolute Gasteiger partial charge is 0.191 e. The van der Waals surface area contributed by atoms with Crippen molar-refractivity contribution >= 4 is 41.7 Å². The maximum atomic E-state index is 9.20. The lowest BCUT2D eigenvalue weighted by Crippen LogP contribution is -2.38. The van der Waals surface area contributed by atoms with Crippen LogP contribution in [-0.2, 0) is 6.54 Å². The van der Waals surface area contributed by atoms with Crippen molar-refractivity contribution in [2.45, 2.75) is 13.5 Å². The molecule has 0 aliphatic carbocycles. The molecule has 0 radical (unpaired) electrons. The van der Waals surface area contributed by atoms with E-state index in [1.807, 2.05) is 19.1 Å². The lowest BCUT2D eigenvalue weighted by atomic mass is 10.2. The Labute approximate surface area is 136 Å². The highest BCUT2D eigenvalue weighted by molar-refractivity contribution is 14.0. The zero-order valence-corrected chi connectivity index (χ0v) is 14.5. The number of nitrogens with zero attached hydrogens (tertiary/aromatic N) is 1. The first kappa shape index (κ1) is 18.4. The highest BCUT2D eigenvalue weighted by Crippen LogP contribution is 2.10. The minimum Gasteiger partial charge on any atom is -0.508 e. The Bertz CT molecular complexity index is 371. The molecule has 3 N–H and O–H groups in total. The van der Waals surface area contributed by atoms with Crippen molar-refractivity contribution in [1.82, 2.24) is 10.6 Å². The van der Waals surface area contributed by atoms with Gasteiger partial charge >= 0.3 is 0 Å². The van der Waals surface area contributed by atoms with E-state index in [-0.39, 0.29) is 29.7 Å². The largest absolute Gasteiger partial charge is 0.508 e. The molecule has 0 aliphatic rings. The molecule has 0 saturated carbocycles. The number of aromatic hydroxyl groups is 1. The number of hydrogen-bond donors (Lipinski definition) is 3. The van der Waals surface area contributed by atoms with Crippen LogP contribution in [0.5, 0.6) is 5.75 Å². The SMILES string of the molecule is CCNC(=NCc1ccc(O)cc1)NCCSC.I. The molecule has 4 nitrogen and oxygen atoms in total. The molecule has 0 atom stereocenters. The zero-order chi connectivity index (χ0) is 13.2. The van der Waals surface area contributed by atoms with Gasteiger partial charge in [-0.25, -0.2) is 4.99 Å². The number of rotatable bonds is 6. The molecule has 0 amide bonds. The van der Waals surface area contributed by atoms with Crippen LogP contribution < -0.4 is 10.6 Å². The van der Waals surface area contributed by atoms with Crippen LogP contribution >= 0.6 is 35.7 Å². The summed E-state index contributed by atoms with van der Waals surface area (Å²) >= 11 is 1.80. The van der Waals surface area contributed by atoms with Crippen LogP contribution in [0.2, 0.25) is 0 Å². The van der Waals surface area contributed by atoms with Gasteiger partial charge < -0.3 is 15.7 Å². The van der Waals surface area contributed by atoms with Crippen molar-refractivity contribution in [3.63, 3.8) is 0 Å². The minimum absolute atomic E-state index is 0. The molecule has 0 fully saturated rings. The van der Waals surface area contributed by atoms with Gasteiger partial charge in [0.1, 0.15) is 5.75 Å². The van der Waals surface area contributed by atoms with Gasteiger partial charge in [0.15, 0.2) is 5.96 Å². The fourth-order valence-corrected chi connectivity index (χ4v) is 1.69. The Morgan fingerprint density at radius 1 is 1.26 bits per heavy atom. The van der Waals surface area contributed by atoms with Gasteiger partial charge in [0.2, 0.25) is 0 Å². The van der Waals surface area contributed by atoms with E-state index >= 15 is 0 Å². The van der Waals surface area contributed by atoms with Gasteiger partial charge in [-0.05, 0) is 30.9 Å². The van der Waals surface area contributed by atoms with E-state index in [0.717, 1.165) is 30.4 Å². The fraction of sp³-hybridized carbons (Fsp3) is 0.462. The molecule has 1 aromatic rings. The molecule has 108 valence electrons. The summed E-state index contributed by atoms with van der Waals surface area (Å²) in [5, 5.41) is 15.7. The van der Waals surface area contributed by atoms with Gasteiger partial charge in [0.05, 0.1) is 6.54 Å². The highest BCUT2D eigenvalue weighted by Gasteiger charge is 1.97. The van der Waals surface area contributed by atoms with Crippen molar-refractivity contribution in [2.75, 3.05) is 25.1 Å². The molecule has 1 rings (SSSR count). The lowest BCUT2D eigenvalue weighted by Gasteiger charge is -2.10. The Kier molecular flexibility index (Phi) is 10.8. The van der Waals surface area contributed by atoms with Gasteiger partial charge in [-0.2, -0.15) is 11.8 Å². The van der Waals surface area contributed by atoms with E-state index in [9.17, 15) is 5.11 Å². The molecule has 19 heavy (non-hydrogen) atoms. The topological polar surface area (TPSA) is 56.7 Å². The minimum atomic E-state index is 0. The molecule has 0 aromatic heterocycles. The van der Waals surface area contributed by atoms with E-state index in [4.69, 9.17) is 0 Å². The van der Waals surface area contributed by atoms with Crippen LogP contribution in [-0.4, -0.2) is 36.2 Å². The van der Waals surface area contributed by atoms with Crippen molar-refractivity contribution < 1.29 is 5.11 Å². The number of benzene rings is 1. The third-order valence-corrected chi connectivity index (χ3v) is 2.91. The monoisotopic (exact) mass is 395 g/mol. The Hall–Kier alpha value is -0.630. The predicted octanol–water partition coefficient (Wildman–Crippen LogP) is 2.43. The van der Waals surface area contributed by atoms with Crippen molar-refractivity contribution in [3.8, 4) is 5.75 Å². The Morgan fingerprint density at radius 3 is 2.53 bits per heavy atom. The first-order chi connectivity index (χ1) is 8.76. The molecule has 6 heteroatoms. The summed E-state index contributed by atoms with van der Waals surface area (Å²) in [6.07, 6.45) is 2.09. The van der Waals surface area contributed by atoms with Crippen LogP contribution in [0, 0.1) is 0 Å². The molecule has 0 heterocycles. The van der Waals surface area contributed by atoms with Crippen molar-refractivity contribution in [1.29, 1.82) is 0 Å². The molecular formula is C13H22IN3OS. The lowest BCUT2D eigenvalue weighted by molar-refractivity contribution is 0.475. The summed E-state index contributed by atoms with van der Waals surface area (Å²) in [4.78, 5) is 4.49. The summed E-state index contributed by atoms with van der Waals surface area (Å²) in [5.41, 5.74) is 1.08. The standard InChI is InChI=1S/C13H21N3OS.HI/c1-3-14-13(15-8-9-18-2)16-10-11-4-6-12(17)7-5-11;/h4-7,17H,3,8-10H2,1-2H3,(H2,14,15,16);1H. The highest BCUT2D eigenvalue weighted by atomic mass is 127. The normalized spacial score (nSPS) is 10.7. The quantitative estimate of drug-likeness (QED) is 0.300. The van der Waals surface area contributed by atoms with Crippen LogP contribution in [0.4, 0.5) is 0 Å². The van der Waals surface area contributed by atoms with E-state index in [1.54, 1.807) is 23.9 Å². The number of hydrogen-bond acceptors (Lipinski definition) is 3. The van der Waals surface area contributed by atoms with Gasteiger partial charge in [-0.15, -0.1) is 24.0 Å². The second-order valence-corrected chi connectivity index (χ2v) is 4.77. The number of phenolic OH excluding ortho intramolecular Hbond substituents is 1. The van der Waals surface area contributed by atoms with E-state index < -0.39 is 0 Å².